The summed E-state index contributed by atoms with van der Waals surface area (Å²) in [5.41, 5.74) is 1.97. The van der Waals surface area contributed by atoms with E-state index in [4.69, 9.17) is 0 Å². The Morgan fingerprint density at radius 1 is 1.31 bits per heavy atom. The maximum Gasteiger partial charge on any atom is 0.123 e. The first-order chi connectivity index (χ1) is 5.95. The maximum absolute atomic E-state index is 13.0. The molecule has 0 heterocycles. The van der Waals surface area contributed by atoms with Crippen molar-refractivity contribution in [2.24, 2.45) is 0 Å². The van der Waals surface area contributed by atoms with Crippen molar-refractivity contribution >= 4 is 6.08 Å². The van der Waals surface area contributed by atoms with Crippen LogP contribution in [-0.4, -0.2) is 0 Å². The highest BCUT2D eigenvalue weighted by atomic mass is 19.1. The Kier molecular flexibility index (Phi) is 2.55. The fourth-order valence-corrected chi connectivity index (χ4v) is 1.36. The van der Waals surface area contributed by atoms with E-state index in [1.54, 1.807) is 18.2 Å². The average molecular weight is 178 g/mol. The lowest BCUT2D eigenvalue weighted by molar-refractivity contribution is 0.571. The van der Waals surface area contributed by atoms with Gasteiger partial charge in [0, 0.05) is 0 Å². The molecule has 0 N–H and O–H groups in total. The van der Waals surface area contributed by atoms with Crippen LogP contribution in [0.3, 0.4) is 0 Å². The molecule has 1 aromatic carbocycles. The molecule has 0 unspecified atom stereocenters. The number of halogens is 1. The van der Waals surface area contributed by atoms with Crippen LogP contribution in [0, 0.1) is 5.82 Å². The maximum atomic E-state index is 13.0. The molecule has 0 saturated carbocycles. The molecule has 0 bridgehead atoms. The van der Waals surface area contributed by atoms with Gasteiger partial charge in [-0.1, -0.05) is 39.5 Å². The molecule has 1 heteroatoms. The molecule has 0 saturated heterocycles. The molecule has 0 aromatic heterocycles. The molecule has 70 valence electrons. The molecule has 0 radical (unpaired) electrons. The quantitative estimate of drug-likeness (QED) is 0.614. The standard InChI is InChI=1S/C12H15F/c1-5-9-6-7-10(13)8-11(9)12(2,3)4/h5-8H,1H2,2-4H3. The molecule has 0 aliphatic rings. The lowest BCUT2D eigenvalue weighted by atomic mass is 9.84. The summed E-state index contributed by atoms with van der Waals surface area (Å²) in [6, 6.07) is 4.81. The minimum Gasteiger partial charge on any atom is -0.207 e. The van der Waals surface area contributed by atoms with Crippen LogP contribution in [-0.2, 0) is 5.41 Å². The number of benzene rings is 1. The largest absolute Gasteiger partial charge is 0.207 e. The number of hydrogen-bond donors (Lipinski definition) is 0. The van der Waals surface area contributed by atoms with Crippen LogP contribution in [0.25, 0.3) is 6.08 Å². The van der Waals surface area contributed by atoms with E-state index in [0.29, 0.717) is 0 Å². The lowest BCUT2D eigenvalue weighted by Gasteiger charge is -2.21. The Labute approximate surface area is 79.1 Å². The highest BCUT2D eigenvalue weighted by Gasteiger charge is 2.16. The minimum absolute atomic E-state index is 0.0361. The first-order valence-electron chi connectivity index (χ1n) is 4.37. The number of rotatable bonds is 1. The van der Waals surface area contributed by atoms with Gasteiger partial charge in [-0.2, -0.15) is 0 Å². The minimum atomic E-state index is -0.185. The predicted octanol–water partition coefficient (Wildman–Crippen LogP) is 3.77. The third kappa shape index (κ3) is 2.18. The van der Waals surface area contributed by atoms with Crippen LogP contribution in [0.1, 0.15) is 31.9 Å². The fourth-order valence-electron chi connectivity index (χ4n) is 1.36. The third-order valence-corrected chi connectivity index (χ3v) is 2.04. The summed E-state index contributed by atoms with van der Waals surface area (Å²) in [6.07, 6.45) is 1.76. The van der Waals surface area contributed by atoms with Crippen molar-refractivity contribution in [3.05, 3.63) is 41.7 Å². The molecule has 0 aliphatic heterocycles. The van der Waals surface area contributed by atoms with Gasteiger partial charge in [-0.25, -0.2) is 4.39 Å². The summed E-state index contributed by atoms with van der Waals surface area (Å²) >= 11 is 0. The van der Waals surface area contributed by atoms with Gasteiger partial charge in [0.05, 0.1) is 0 Å². The van der Waals surface area contributed by atoms with E-state index >= 15 is 0 Å². The monoisotopic (exact) mass is 178 g/mol. The molecule has 1 rings (SSSR count). The predicted molar refractivity (Wildman–Crippen MR) is 55.2 cm³/mol. The molecule has 0 nitrogen and oxygen atoms in total. The zero-order valence-electron chi connectivity index (χ0n) is 8.39. The van der Waals surface area contributed by atoms with Crippen LogP contribution in [0.4, 0.5) is 4.39 Å². The van der Waals surface area contributed by atoms with E-state index < -0.39 is 0 Å². The number of hydrogen-bond acceptors (Lipinski definition) is 0. The first kappa shape index (κ1) is 9.97. The summed E-state index contributed by atoms with van der Waals surface area (Å²) in [7, 11) is 0. The normalized spacial score (nSPS) is 11.4. The van der Waals surface area contributed by atoms with E-state index in [1.807, 2.05) is 0 Å². The first-order valence-corrected chi connectivity index (χ1v) is 4.37. The fraction of sp³-hybridized carbons (Fsp3) is 0.333. The Hall–Kier alpha value is -1.11. The van der Waals surface area contributed by atoms with Gasteiger partial charge < -0.3 is 0 Å². The highest BCUT2D eigenvalue weighted by molar-refractivity contribution is 5.54. The molecular weight excluding hydrogens is 163 g/mol. The van der Waals surface area contributed by atoms with Crippen molar-refractivity contribution in [2.45, 2.75) is 26.2 Å². The van der Waals surface area contributed by atoms with Gasteiger partial charge in [-0.15, -0.1) is 0 Å². The molecule has 0 spiro atoms. The molecule has 0 fully saturated rings. The van der Waals surface area contributed by atoms with E-state index in [9.17, 15) is 4.39 Å². The van der Waals surface area contributed by atoms with Crippen molar-refractivity contribution in [3.8, 4) is 0 Å². The van der Waals surface area contributed by atoms with Crippen LogP contribution < -0.4 is 0 Å². The second-order valence-corrected chi connectivity index (χ2v) is 4.19. The third-order valence-electron chi connectivity index (χ3n) is 2.04. The molecule has 0 atom stereocenters. The van der Waals surface area contributed by atoms with Crippen molar-refractivity contribution in [1.29, 1.82) is 0 Å². The van der Waals surface area contributed by atoms with Gasteiger partial charge in [0.25, 0.3) is 0 Å². The summed E-state index contributed by atoms with van der Waals surface area (Å²) in [5.74, 6) is -0.185. The molecular formula is C12H15F. The van der Waals surface area contributed by atoms with Crippen molar-refractivity contribution in [2.75, 3.05) is 0 Å². The second kappa shape index (κ2) is 3.33. The highest BCUT2D eigenvalue weighted by Crippen LogP contribution is 2.27. The summed E-state index contributed by atoms with van der Waals surface area (Å²) in [6.45, 7) is 9.91. The smallest absolute Gasteiger partial charge is 0.123 e. The summed E-state index contributed by atoms with van der Waals surface area (Å²) in [4.78, 5) is 0. The second-order valence-electron chi connectivity index (χ2n) is 4.19. The van der Waals surface area contributed by atoms with Gasteiger partial charge in [0.15, 0.2) is 0 Å². The van der Waals surface area contributed by atoms with Crippen molar-refractivity contribution in [3.63, 3.8) is 0 Å². The van der Waals surface area contributed by atoms with Gasteiger partial charge in [-0.05, 0) is 28.7 Å². The molecule has 1 aromatic rings. The Morgan fingerprint density at radius 2 is 1.92 bits per heavy atom. The average Bonchev–Trinajstić information content (AvgIpc) is 2.03. The van der Waals surface area contributed by atoms with Crippen LogP contribution >= 0.6 is 0 Å². The SMILES string of the molecule is C=Cc1ccc(F)cc1C(C)(C)C. The van der Waals surface area contributed by atoms with Gasteiger partial charge in [-0.3, -0.25) is 0 Å². The molecule has 13 heavy (non-hydrogen) atoms. The Morgan fingerprint density at radius 3 is 2.38 bits per heavy atom. The van der Waals surface area contributed by atoms with Crippen LogP contribution in [0.5, 0.6) is 0 Å². The molecule has 0 aliphatic carbocycles. The van der Waals surface area contributed by atoms with Crippen LogP contribution in [0.15, 0.2) is 24.8 Å². The van der Waals surface area contributed by atoms with E-state index in [1.165, 1.54) is 6.07 Å². The zero-order valence-corrected chi connectivity index (χ0v) is 8.39. The van der Waals surface area contributed by atoms with E-state index in [2.05, 4.69) is 27.4 Å². The van der Waals surface area contributed by atoms with Gasteiger partial charge in [0.2, 0.25) is 0 Å². The zero-order chi connectivity index (χ0) is 10.1. The van der Waals surface area contributed by atoms with Crippen molar-refractivity contribution < 1.29 is 4.39 Å². The van der Waals surface area contributed by atoms with E-state index in [-0.39, 0.29) is 11.2 Å². The van der Waals surface area contributed by atoms with Crippen LogP contribution in [0.2, 0.25) is 0 Å². The topological polar surface area (TPSA) is 0 Å². The lowest BCUT2D eigenvalue weighted by Crippen LogP contribution is -2.13. The Balaban J connectivity index is 3.32. The van der Waals surface area contributed by atoms with Crippen molar-refractivity contribution in [1.82, 2.24) is 0 Å². The van der Waals surface area contributed by atoms with Gasteiger partial charge in [0.1, 0.15) is 5.82 Å². The van der Waals surface area contributed by atoms with E-state index in [0.717, 1.165) is 11.1 Å². The Bertz CT molecular complexity index is 318. The summed E-state index contributed by atoms with van der Waals surface area (Å²) in [5, 5.41) is 0. The summed E-state index contributed by atoms with van der Waals surface area (Å²) < 4.78 is 13.0. The van der Waals surface area contributed by atoms with Gasteiger partial charge >= 0.3 is 0 Å². The molecule has 0 amide bonds.